The number of nitrogens with zero attached hydrogens (tertiary/aromatic N) is 3. The van der Waals surface area contributed by atoms with Crippen LogP contribution in [0.3, 0.4) is 0 Å². The Kier molecular flexibility index (Phi) is 7.10. The molecule has 0 N–H and O–H groups in total. The maximum absolute atomic E-state index is 5.52. The van der Waals surface area contributed by atoms with E-state index in [4.69, 9.17) is 4.98 Å². The Morgan fingerprint density at radius 3 is 1.56 bits per heavy atom. The van der Waals surface area contributed by atoms with Crippen molar-refractivity contribution in [2.75, 3.05) is 0 Å². The van der Waals surface area contributed by atoms with Crippen LogP contribution in [0, 0.1) is 0 Å². The van der Waals surface area contributed by atoms with Gasteiger partial charge in [-0.2, -0.15) is 0 Å². The van der Waals surface area contributed by atoms with Crippen LogP contribution in [-0.4, -0.2) is 14.1 Å². The first kappa shape index (κ1) is 32.0. The number of hydrogen-bond acceptors (Lipinski definition) is 2. The first-order valence-corrected chi connectivity index (χ1v) is 20.2. The summed E-state index contributed by atoms with van der Waals surface area (Å²) in [6.07, 6.45) is 0. The monoisotopic (exact) mass is 743 g/mol. The summed E-state index contributed by atoms with van der Waals surface area (Å²) in [7, 11) is 0. The lowest BCUT2D eigenvalue weighted by Crippen LogP contribution is -2.02. The van der Waals surface area contributed by atoms with E-state index in [0.717, 1.165) is 44.9 Å². The number of rotatable bonds is 5. The van der Waals surface area contributed by atoms with E-state index < -0.39 is 0 Å². The zero-order valence-corrected chi connectivity index (χ0v) is 31.6. The fraction of sp³-hybridized carbons (Fsp3) is 0. The molecule has 4 heterocycles. The molecule has 0 aliphatic heterocycles. The van der Waals surface area contributed by atoms with Gasteiger partial charge in [-0.1, -0.05) is 152 Å². The zero-order chi connectivity index (χ0) is 37.5. The minimum Gasteiger partial charge on any atom is -0.307 e. The van der Waals surface area contributed by atoms with E-state index in [2.05, 4.69) is 209 Å². The summed E-state index contributed by atoms with van der Waals surface area (Å²) in [5.74, 6) is 0.883. The summed E-state index contributed by atoms with van der Waals surface area (Å²) in [5.41, 5.74) is 12.4. The van der Waals surface area contributed by atoms with E-state index in [0.29, 0.717) is 0 Å². The fourth-order valence-electron chi connectivity index (χ4n) is 8.90. The summed E-state index contributed by atoms with van der Waals surface area (Å²) >= 11 is 1.86. The van der Waals surface area contributed by atoms with Crippen molar-refractivity contribution in [1.82, 2.24) is 14.1 Å². The van der Waals surface area contributed by atoms with E-state index in [1.807, 2.05) is 11.3 Å². The third kappa shape index (κ3) is 5.01. The molecule has 0 amide bonds. The first-order valence-electron chi connectivity index (χ1n) is 19.4. The number of aromatic nitrogens is 3. The van der Waals surface area contributed by atoms with E-state index in [9.17, 15) is 0 Å². The van der Waals surface area contributed by atoms with Crippen LogP contribution in [0.2, 0.25) is 0 Å². The minimum absolute atomic E-state index is 0.883. The number of benzene rings is 8. The average Bonchev–Trinajstić information content (AvgIpc) is 3.94. The number of fused-ring (bicyclic) bond motifs is 10. The van der Waals surface area contributed by atoms with Crippen molar-refractivity contribution < 1.29 is 0 Å². The molecule has 3 nitrogen and oxygen atoms in total. The van der Waals surface area contributed by atoms with Crippen LogP contribution in [0.1, 0.15) is 0 Å². The third-order valence-electron chi connectivity index (χ3n) is 11.5. The van der Waals surface area contributed by atoms with Gasteiger partial charge in [-0.25, -0.2) is 4.98 Å². The topological polar surface area (TPSA) is 22.8 Å². The number of pyridine rings is 1. The molecule has 8 aromatic carbocycles. The SMILES string of the molecule is c1ccc(-c2ccc(-c3cc(-c4ccccc4)nc(-n4c5ccccc5c5ccc6c7ccccc7n(-c7ccc8sc9ccccc9c8c7)c6c54)c3)cc2)cc1. The van der Waals surface area contributed by atoms with Crippen LogP contribution >= 0.6 is 11.3 Å². The van der Waals surface area contributed by atoms with Gasteiger partial charge in [0.2, 0.25) is 0 Å². The molecule has 4 heteroatoms. The van der Waals surface area contributed by atoms with E-state index >= 15 is 0 Å². The molecule has 0 radical (unpaired) electrons. The van der Waals surface area contributed by atoms with Crippen LogP contribution in [0.15, 0.2) is 200 Å². The average molecular weight is 744 g/mol. The Hall–Kier alpha value is -7.27. The van der Waals surface area contributed by atoms with Crippen molar-refractivity contribution in [3.63, 3.8) is 0 Å². The van der Waals surface area contributed by atoms with Gasteiger partial charge in [-0.05, 0) is 70.8 Å². The highest BCUT2D eigenvalue weighted by Crippen LogP contribution is 2.43. The molecular weight excluding hydrogens is 711 g/mol. The number of thiophene rings is 1. The normalized spacial score (nSPS) is 11.9. The summed E-state index contributed by atoms with van der Waals surface area (Å²) in [5, 5.41) is 7.42. The smallest absolute Gasteiger partial charge is 0.138 e. The predicted molar refractivity (Wildman–Crippen MR) is 242 cm³/mol. The van der Waals surface area contributed by atoms with Gasteiger partial charge in [0.15, 0.2) is 0 Å². The molecule has 57 heavy (non-hydrogen) atoms. The molecule has 0 unspecified atom stereocenters. The van der Waals surface area contributed by atoms with Crippen molar-refractivity contribution in [2.45, 2.75) is 0 Å². The quantitative estimate of drug-likeness (QED) is 0.172. The first-order chi connectivity index (χ1) is 28.3. The molecule has 4 aromatic heterocycles. The van der Waals surface area contributed by atoms with Crippen molar-refractivity contribution in [3.8, 4) is 45.0 Å². The molecule has 12 rings (SSSR count). The summed E-state index contributed by atoms with van der Waals surface area (Å²) in [4.78, 5) is 5.52. The molecule has 0 spiro atoms. The standard InChI is InChI=1S/C53H33N3S/c1-3-13-34(14-4-1)35-23-25-36(26-24-35)38-31-46(37-15-5-2-6-16-37)54-51(32-38)56-48-21-11-8-18-41(48)44-29-28-43-40-17-7-10-20-47(40)55(52(43)53(44)56)39-27-30-50-45(33-39)42-19-9-12-22-49(42)57-50/h1-33H. The molecule has 0 fully saturated rings. The zero-order valence-electron chi connectivity index (χ0n) is 30.8. The van der Waals surface area contributed by atoms with Crippen molar-refractivity contribution >= 4 is 75.1 Å². The summed E-state index contributed by atoms with van der Waals surface area (Å²) in [6.45, 7) is 0. The van der Waals surface area contributed by atoms with Gasteiger partial charge in [0.25, 0.3) is 0 Å². The van der Waals surface area contributed by atoms with Crippen molar-refractivity contribution in [3.05, 3.63) is 200 Å². The van der Waals surface area contributed by atoms with Gasteiger partial charge < -0.3 is 4.57 Å². The second kappa shape index (κ2) is 12.6. The van der Waals surface area contributed by atoms with Crippen LogP contribution < -0.4 is 0 Å². The van der Waals surface area contributed by atoms with Crippen LogP contribution in [0.5, 0.6) is 0 Å². The highest BCUT2D eigenvalue weighted by molar-refractivity contribution is 7.25. The highest BCUT2D eigenvalue weighted by atomic mass is 32.1. The van der Waals surface area contributed by atoms with Crippen molar-refractivity contribution in [1.29, 1.82) is 0 Å². The van der Waals surface area contributed by atoms with Gasteiger partial charge in [-0.15, -0.1) is 11.3 Å². The molecular formula is C53H33N3S. The summed E-state index contributed by atoms with van der Waals surface area (Å²) in [6, 6.07) is 72.5. The highest BCUT2D eigenvalue weighted by Gasteiger charge is 2.23. The Labute approximate surface area is 333 Å². The van der Waals surface area contributed by atoms with Gasteiger partial charge >= 0.3 is 0 Å². The molecule has 12 aromatic rings. The molecule has 0 saturated heterocycles. The molecule has 0 aliphatic carbocycles. The van der Waals surface area contributed by atoms with Crippen LogP contribution in [-0.2, 0) is 0 Å². The Morgan fingerprint density at radius 1 is 0.333 bits per heavy atom. The van der Waals surface area contributed by atoms with Gasteiger partial charge in [0.05, 0.1) is 27.8 Å². The number of hydrogen-bond donors (Lipinski definition) is 0. The second-order valence-corrected chi connectivity index (χ2v) is 15.8. The fourth-order valence-corrected chi connectivity index (χ4v) is 9.99. The molecule has 0 aliphatic rings. The maximum atomic E-state index is 5.52. The largest absolute Gasteiger partial charge is 0.307 e. The van der Waals surface area contributed by atoms with E-state index in [-0.39, 0.29) is 0 Å². The van der Waals surface area contributed by atoms with Gasteiger partial charge in [0.1, 0.15) is 5.82 Å². The summed E-state index contributed by atoms with van der Waals surface area (Å²) < 4.78 is 7.50. The van der Waals surface area contributed by atoms with Gasteiger partial charge in [0, 0.05) is 53.0 Å². The Morgan fingerprint density at radius 2 is 0.860 bits per heavy atom. The number of para-hydroxylation sites is 2. The van der Waals surface area contributed by atoms with E-state index in [1.54, 1.807) is 0 Å². The minimum atomic E-state index is 0.883. The second-order valence-electron chi connectivity index (χ2n) is 14.8. The lowest BCUT2D eigenvalue weighted by molar-refractivity contribution is 1.08. The predicted octanol–water partition coefficient (Wildman–Crippen LogP) is 14.6. The van der Waals surface area contributed by atoms with Crippen molar-refractivity contribution in [2.24, 2.45) is 0 Å². The van der Waals surface area contributed by atoms with Crippen LogP contribution in [0.25, 0.3) is 109 Å². The lowest BCUT2D eigenvalue weighted by Gasteiger charge is -2.15. The Balaban J connectivity index is 1.18. The van der Waals surface area contributed by atoms with Gasteiger partial charge in [-0.3, -0.25) is 4.57 Å². The maximum Gasteiger partial charge on any atom is 0.138 e. The van der Waals surface area contributed by atoms with Crippen LogP contribution in [0.4, 0.5) is 0 Å². The molecule has 0 bridgehead atoms. The molecule has 0 saturated carbocycles. The molecule has 0 atom stereocenters. The third-order valence-corrected chi connectivity index (χ3v) is 12.7. The Bertz CT molecular complexity index is 3500. The lowest BCUT2D eigenvalue weighted by atomic mass is 9.99. The molecule has 266 valence electrons. The van der Waals surface area contributed by atoms with E-state index in [1.165, 1.54) is 63.9 Å².